The third kappa shape index (κ3) is 2.66. The normalized spacial score (nSPS) is 28.0. The molecule has 0 radical (unpaired) electrons. The van der Waals surface area contributed by atoms with Gasteiger partial charge >= 0.3 is 0 Å². The molecule has 118 valence electrons. The third-order valence-corrected chi connectivity index (χ3v) is 8.46. The number of sulfonamides is 1. The summed E-state index contributed by atoms with van der Waals surface area (Å²) in [5.41, 5.74) is 6.65. The molecule has 1 aromatic rings. The predicted molar refractivity (Wildman–Crippen MR) is 84.9 cm³/mol. The van der Waals surface area contributed by atoms with E-state index in [0.29, 0.717) is 35.9 Å². The topological polar surface area (TPSA) is 66.6 Å². The zero-order chi connectivity index (χ0) is 15.2. The first-order valence-electron chi connectivity index (χ1n) is 7.45. The van der Waals surface area contributed by atoms with Gasteiger partial charge in [0.15, 0.2) is 0 Å². The number of fused-ring (bicyclic) bond motifs is 2. The molecule has 2 atom stereocenters. The molecule has 2 unspecified atom stereocenters. The second-order valence-corrected chi connectivity index (χ2v) is 9.38. The van der Waals surface area contributed by atoms with Crippen LogP contribution in [-0.2, 0) is 16.6 Å². The van der Waals surface area contributed by atoms with Gasteiger partial charge in [-0.2, -0.15) is 4.31 Å². The van der Waals surface area contributed by atoms with E-state index in [1.807, 2.05) is 6.92 Å². The maximum Gasteiger partial charge on any atom is 0.252 e. The number of likely N-dealkylation sites (N-methyl/N-ethyl adjacent to an activating group) is 1. The van der Waals surface area contributed by atoms with E-state index in [4.69, 9.17) is 5.73 Å². The van der Waals surface area contributed by atoms with Crippen molar-refractivity contribution in [1.82, 2.24) is 9.21 Å². The van der Waals surface area contributed by atoms with Crippen molar-refractivity contribution in [3.05, 3.63) is 16.5 Å². The van der Waals surface area contributed by atoms with Crippen LogP contribution in [0.4, 0.5) is 0 Å². The van der Waals surface area contributed by atoms with Crippen LogP contribution in [0.1, 0.15) is 29.7 Å². The van der Waals surface area contributed by atoms with Gasteiger partial charge in [-0.05, 0) is 44.9 Å². The molecule has 0 aliphatic carbocycles. The third-order valence-electron chi connectivity index (χ3n) is 4.89. The molecular formula is C14H23N3O2S2. The Hall–Kier alpha value is -0.470. The van der Waals surface area contributed by atoms with Gasteiger partial charge in [-0.25, -0.2) is 8.42 Å². The highest BCUT2D eigenvalue weighted by molar-refractivity contribution is 7.91. The largest absolute Gasteiger partial charge is 0.326 e. The molecule has 0 amide bonds. The molecule has 2 N–H and O–H groups in total. The van der Waals surface area contributed by atoms with Crippen LogP contribution >= 0.6 is 11.3 Å². The van der Waals surface area contributed by atoms with Crippen molar-refractivity contribution in [3.8, 4) is 0 Å². The Bertz CT molecular complexity index is 626. The van der Waals surface area contributed by atoms with Gasteiger partial charge in [-0.15, -0.1) is 11.3 Å². The average molecular weight is 329 g/mol. The van der Waals surface area contributed by atoms with Gasteiger partial charge in [0.25, 0.3) is 10.0 Å². The fourth-order valence-electron chi connectivity index (χ4n) is 3.44. The van der Waals surface area contributed by atoms with E-state index < -0.39 is 10.0 Å². The summed E-state index contributed by atoms with van der Waals surface area (Å²) in [5.74, 6) is 0. The SMILES string of the molecule is Cc1cc(S(=O)(=O)N2CCC3CCC(C2)N3C)sc1CN. The van der Waals surface area contributed by atoms with Gasteiger partial charge in [0.2, 0.25) is 0 Å². The van der Waals surface area contributed by atoms with Crippen molar-refractivity contribution in [1.29, 1.82) is 0 Å². The molecule has 2 bridgehead atoms. The fraction of sp³-hybridized carbons (Fsp3) is 0.714. The minimum atomic E-state index is -3.37. The number of aryl methyl sites for hydroxylation is 1. The molecule has 0 aromatic carbocycles. The van der Waals surface area contributed by atoms with Crippen molar-refractivity contribution in [3.63, 3.8) is 0 Å². The molecular weight excluding hydrogens is 306 g/mol. The lowest BCUT2D eigenvalue weighted by molar-refractivity contribution is 0.247. The van der Waals surface area contributed by atoms with E-state index in [0.717, 1.165) is 23.3 Å². The Morgan fingerprint density at radius 2 is 2.05 bits per heavy atom. The van der Waals surface area contributed by atoms with Gasteiger partial charge in [0.05, 0.1) is 0 Å². The summed E-state index contributed by atoms with van der Waals surface area (Å²) in [4.78, 5) is 3.32. The minimum Gasteiger partial charge on any atom is -0.326 e. The van der Waals surface area contributed by atoms with E-state index in [1.165, 1.54) is 17.8 Å². The molecule has 21 heavy (non-hydrogen) atoms. The second-order valence-electron chi connectivity index (χ2n) is 6.08. The number of nitrogens with zero attached hydrogens (tertiary/aromatic N) is 2. The van der Waals surface area contributed by atoms with Crippen LogP contribution in [0.5, 0.6) is 0 Å². The molecule has 2 aliphatic heterocycles. The molecule has 0 spiro atoms. The number of hydrogen-bond acceptors (Lipinski definition) is 5. The first kappa shape index (κ1) is 15.4. The summed E-state index contributed by atoms with van der Waals surface area (Å²) in [7, 11) is -1.25. The highest BCUT2D eigenvalue weighted by Gasteiger charge is 2.39. The van der Waals surface area contributed by atoms with Crippen molar-refractivity contribution in [2.75, 3.05) is 20.1 Å². The van der Waals surface area contributed by atoms with Crippen LogP contribution < -0.4 is 5.73 Å². The Morgan fingerprint density at radius 3 is 2.71 bits per heavy atom. The summed E-state index contributed by atoms with van der Waals surface area (Å²) >= 11 is 1.32. The van der Waals surface area contributed by atoms with E-state index in [-0.39, 0.29) is 0 Å². The minimum absolute atomic E-state index is 0.363. The monoisotopic (exact) mass is 329 g/mol. The molecule has 0 saturated carbocycles. The zero-order valence-corrected chi connectivity index (χ0v) is 14.2. The van der Waals surface area contributed by atoms with E-state index in [1.54, 1.807) is 10.4 Å². The Morgan fingerprint density at radius 1 is 1.33 bits per heavy atom. The molecule has 7 heteroatoms. The van der Waals surface area contributed by atoms with E-state index >= 15 is 0 Å². The number of nitrogens with two attached hydrogens (primary N) is 1. The van der Waals surface area contributed by atoms with Crippen molar-refractivity contribution < 1.29 is 8.42 Å². The Balaban J connectivity index is 1.87. The smallest absolute Gasteiger partial charge is 0.252 e. The van der Waals surface area contributed by atoms with Gasteiger partial charge in [-0.1, -0.05) is 0 Å². The zero-order valence-electron chi connectivity index (χ0n) is 12.6. The van der Waals surface area contributed by atoms with Crippen molar-refractivity contribution in [2.24, 2.45) is 5.73 Å². The van der Waals surface area contributed by atoms with Crippen LogP contribution in [0.2, 0.25) is 0 Å². The van der Waals surface area contributed by atoms with Crippen LogP contribution in [0.25, 0.3) is 0 Å². The standard InChI is InChI=1S/C14H23N3O2S2/c1-10-7-14(20-13(10)8-15)21(18,19)17-6-5-11-3-4-12(9-17)16(11)2/h7,11-12H,3-6,8-9,15H2,1-2H3. The summed E-state index contributed by atoms with van der Waals surface area (Å²) in [6, 6.07) is 2.68. The molecule has 3 rings (SSSR count). The second kappa shape index (κ2) is 5.62. The van der Waals surface area contributed by atoms with Crippen LogP contribution in [-0.4, -0.2) is 49.8 Å². The van der Waals surface area contributed by atoms with Crippen LogP contribution in [0.15, 0.2) is 10.3 Å². The molecule has 3 heterocycles. The number of hydrogen-bond donors (Lipinski definition) is 1. The van der Waals surface area contributed by atoms with E-state index in [9.17, 15) is 8.42 Å². The lowest BCUT2D eigenvalue weighted by Crippen LogP contribution is -2.39. The van der Waals surface area contributed by atoms with Gasteiger partial charge in [0.1, 0.15) is 4.21 Å². The quantitative estimate of drug-likeness (QED) is 0.909. The number of thiophene rings is 1. The van der Waals surface area contributed by atoms with Crippen molar-refractivity contribution >= 4 is 21.4 Å². The number of rotatable bonds is 3. The predicted octanol–water partition coefficient (Wildman–Crippen LogP) is 1.37. The molecule has 1 aromatic heterocycles. The van der Waals surface area contributed by atoms with Gasteiger partial charge < -0.3 is 5.73 Å². The van der Waals surface area contributed by atoms with Crippen molar-refractivity contribution in [2.45, 2.75) is 49.0 Å². The maximum atomic E-state index is 12.9. The lowest BCUT2D eigenvalue weighted by atomic mass is 10.1. The molecule has 5 nitrogen and oxygen atoms in total. The summed E-state index contributed by atoms with van der Waals surface area (Å²) in [6.07, 6.45) is 3.23. The highest BCUT2D eigenvalue weighted by atomic mass is 32.2. The first-order valence-corrected chi connectivity index (χ1v) is 9.70. The fourth-order valence-corrected chi connectivity index (χ4v) is 6.56. The first-order chi connectivity index (χ1) is 9.93. The highest BCUT2D eigenvalue weighted by Crippen LogP contribution is 2.33. The summed E-state index contributed by atoms with van der Waals surface area (Å²) in [5, 5.41) is 0. The summed E-state index contributed by atoms with van der Waals surface area (Å²) < 4.78 is 27.9. The van der Waals surface area contributed by atoms with Gasteiger partial charge in [0, 0.05) is 36.6 Å². The Kier molecular flexibility index (Phi) is 4.13. The van der Waals surface area contributed by atoms with Crippen LogP contribution in [0, 0.1) is 6.92 Å². The van der Waals surface area contributed by atoms with Crippen LogP contribution in [0.3, 0.4) is 0 Å². The lowest BCUT2D eigenvalue weighted by Gasteiger charge is -2.24. The van der Waals surface area contributed by atoms with E-state index in [2.05, 4.69) is 11.9 Å². The average Bonchev–Trinajstić information content (AvgIpc) is 2.90. The van der Waals surface area contributed by atoms with Gasteiger partial charge in [-0.3, -0.25) is 4.90 Å². The maximum absolute atomic E-state index is 12.9. The molecule has 2 saturated heterocycles. The molecule has 2 aliphatic rings. The Labute approximate surface area is 130 Å². The molecule has 2 fully saturated rings. The summed E-state index contributed by atoms with van der Waals surface area (Å²) in [6.45, 7) is 3.57.